The van der Waals surface area contributed by atoms with Crippen LogP contribution in [0.1, 0.15) is 69.8 Å². The summed E-state index contributed by atoms with van der Waals surface area (Å²) in [6.45, 7) is 7.27. The zero-order valence-corrected chi connectivity index (χ0v) is 27.2. The van der Waals surface area contributed by atoms with Crippen molar-refractivity contribution in [2.75, 3.05) is 26.8 Å². The molecular formula is C39H46O8. The van der Waals surface area contributed by atoms with E-state index in [0.717, 1.165) is 28.2 Å². The lowest BCUT2D eigenvalue weighted by atomic mass is 9.77. The Morgan fingerprint density at radius 2 is 1.15 bits per heavy atom. The third kappa shape index (κ3) is 10.6. The number of unbranched alkanes of at least 4 members (excludes halogenated alkanes) is 2. The lowest BCUT2D eigenvalue weighted by molar-refractivity contribution is -0.146. The Morgan fingerprint density at radius 3 is 1.62 bits per heavy atom. The standard InChI is InChI=1S/C39H46O8/c1-4-5-6-7-29-8-10-30(11-9-29)31-12-14-32(15-13-31)33-16-18-34(19-17-33)35-20-36(44-25-46-38(42)27(2)23-40)22-37(21-35)45-26-47-39(43)28(3)24-41/h12-22,29-30,40-41H,2-11,23-26H2,1H3. The van der Waals surface area contributed by atoms with Crippen LogP contribution in [-0.4, -0.2) is 49.0 Å². The molecule has 0 atom stereocenters. The highest BCUT2D eigenvalue weighted by Gasteiger charge is 2.22. The monoisotopic (exact) mass is 642 g/mol. The summed E-state index contributed by atoms with van der Waals surface area (Å²) in [4.78, 5) is 23.7. The van der Waals surface area contributed by atoms with Crippen LogP contribution in [0.25, 0.3) is 22.3 Å². The van der Waals surface area contributed by atoms with Crippen LogP contribution < -0.4 is 9.47 Å². The summed E-state index contributed by atoms with van der Waals surface area (Å²) < 4.78 is 21.3. The predicted octanol–water partition coefficient (Wildman–Crippen LogP) is 7.73. The fourth-order valence-electron chi connectivity index (χ4n) is 5.81. The number of carbonyl (C=O) groups is 2. The number of benzene rings is 3. The number of rotatable bonds is 17. The van der Waals surface area contributed by atoms with Crippen LogP contribution in [0.4, 0.5) is 0 Å². The summed E-state index contributed by atoms with van der Waals surface area (Å²) in [5.74, 6) is 0.667. The molecule has 3 aromatic carbocycles. The molecule has 0 saturated heterocycles. The second-order valence-electron chi connectivity index (χ2n) is 12.0. The SMILES string of the molecule is C=C(CO)C(=O)OCOc1cc(OCOC(=O)C(=C)CO)cc(-c2ccc(-c3ccc(C4CCC(CCCCC)CC4)cc3)cc2)c1. The van der Waals surface area contributed by atoms with Crippen LogP contribution in [0, 0.1) is 5.92 Å². The Morgan fingerprint density at radius 1 is 0.681 bits per heavy atom. The molecule has 0 amide bonds. The summed E-state index contributed by atoms with van der Waals surface area (Å²) in [7, 11) is 0. The largest absolute Gasteiger partial charge is 0.457 e. The topological polar surface area (TPSA) is 112 Å². The fraction of sp³-hybridized carbons (Fsp3) is 0.385. The number of esters is 2. The second kappa shape index (κ2) is 18.1. The van der Waals surface area contributed by atoms with Gasteiger partial charge in [0.1, 0.15) is 11.5 Å². The number of aliphatic hydroxyl groups is 2. The third-order valence-electron chi connectivity index (χ3n) is 8.67. The van der Waals surface area contributed by atoms with Crippen molar-refractivity contribution in [1.82, 2.24) is 0 Å². The Balaban J connectivity index is 1.43. The first-order chi connectivity index (χ1) is 22.8. The quantitative estimate of drug-likeness (QED) is 0.0666. The highest BCUT2D eigenvalue weighted by Crippen LogP contribution is 2.38. The predicted molar refractivity (Wildman–Crippen MR) is 182 cm³/mol. The average Bonchev–Trinajstić information content (AvgIpc) is 3.11. The van der Waals surface area contributed by atoms with Gasteiger partial charge in [0.2, 0.25) is 13.6 Å². The van der Waals surface area contributed by atoms with Gasteiger partial charge < -0.3 is 29.2 Å². The molecule has 2 N–H and O–H groups in total. The third-order valence-corrected chi connectivity index (χ3v) is 8.67. The first-order valence-corrected chi connectivity index (χ1v) is 16.3. The van der Waals surface area contributed by atoms with E-state index in [0.29, 0.717) is 17.4 Å². The number of carbonyl (C=O) groups excluding carboxylic acids is 2. The summed E-state index contributed by atoms with van der Waals surface area (Å²) in [6, 6.07) is 22.2. The molecule has 0 bridgehead atoms. The first kappa shape index (κ1) is 35.5. The minimum atomic E-state index is -0.773. The summed E-state index contributed by atoms with van der Waals surface area (Å²) >= 11 is 0. The van der Waals surface area contributed by atoms with E-state index in [2.05, 4.69) is 56.5 Å². The lowest BCUT2D eigenvalue weighted by Gasteiger charge is -2.29. The molecule has 0 spiro atoms. The Kier molecular flexibility index (Phi) is 13.6. The van der Waals surface area contributed by atoms with Crippen LogP contribution in [0.15, 0.2) is 91.0 Å². The van der Waals surface area contributed by atoms with Gasteiger partial charge in [0.05, 0.1) is 24.4 Å². The Bertz CT molecular complexity index is 1430. The van der Waals surface area contributed by atoms with Gasteiger partial charge in [0.25, 0.3) is 0 Å². The van der Waals surface area contributed by atoms with Gasteiger partial charge in [-0.15, -0.1) is 0 Å². The van der Waals surface area contributed by atoms with E-state index >= 15 is 0 Å². The molecule has 47 heavy (non-hydrogen) atoms. The molecule has 8 heteroatoms. The number of hydrogen-bond acceptors (Lipinski definition) is 8. The van der Waals surface area contributed by atoms with E-state index in [9.17, 15) is 9.59 Å². The normalized spacial score (nSPS) is 15.8. The molecule has 1 saturated carbocycles. The van der Waals surface area contributed by atoms with Gasteiger partial charge >= 0.3 is 11.9 Å². The highest BCUT2D eigenvalue weighted by atomic mass is 16.7. The summed E-state index contributed by atoms with van der Waals surface area (Å²) in [5, 5.41) is 18.1. The highest BCUT2D eigenvalue weighted by molar-refractivity contribution is 5.88. The van der Waals surface area contributed by atoms with Crippen molar-refractivity contribution in [2.24, 2.45) is 5.92 Å². The summed E-state index contributed by atoms with van der Waals surface area (Å²) in [5.41, 5.74) is 5.12. The molecule has 4 rings (SSSR count). The minimum Gasteiger partial charge on any atom is -0.457 e. The molecular weight excluding hydrogens is 596 g/mol. The Labute approximate surface area is 277 Å². The summed E-state index contributed by atoms with van der Waals surface area (Å²) in [6.07, 6.45) is 10.6. The maximum Gasteiger partial charge on any atom is 0.338 e. The molecule has 0 heterocycles. The number of hydrogen-bond donors (Lipinski definition) is 2. The molecule has 0 radical (unpaired) electrons. The van der Waals surface area contributed by atoms with Crippen LogP contribution in [0.3, 0.4) is 0 Å². The zero-order chi connectivity index (χ0) is 33.6. The maximum absolute atomic E-state index is 11.8. The lowest BCUT2D eigenvalue weighted by Crippen LogP contribution is -2.14. The van der Waals surface area contributed by atoms with E-state index in [1.165, 1.54) is 56.9 Å². The first-order valence-electron chi connectivity index (χ1n) is 16.3. The van der Waals surface area contributed by atoms with Crippen LogP contribution in [0.2, 0.25) is 0 Å². The minimum absolute atomic E-state index is 0.0901. The van der Waals surface area contributed by atoms with Crippen LogP contribution in [-0.2, 0) is 19.1 Å². The average molecular weight is 643 g/mol. The van der Waals surface area contributed by atoms with Gasteiger partial charge in [-0.25, -0.2) is 9.59 Å². The van der Waals surface area contributed by atoms with E-state index in [4.69, 9.17) is 29.2 Å². The molecule has 0 aromatic heterocycles. The number of ether oxygens (including phenoxy) is 4. The van der Waals surface area contributed by atoms with E-state index in [-0.39, 0.29) is 11.1 Å². The molecule has 0 unspecified atom stereocenters. The van der Waals surface area contributed by atoms with Crippen molar-refractivity contribution in [3.63, 3.8) is 0 Å². The van der Waals surface area contributed by atoms with Crippen molar-refractivity contribution in [3.05, 3.63) is 96.6 Å². The van der Waals surface area contributed by atoms with E-state index in [1.807, 2.05) is 12.1 Å². The van der Waals surface area contributed by atoms with E-state index in [1.54, 1.807) is 18.2 Å². The van der Waals surface area contributed by atoms with Gasteiger partial charge in [-0.1, -0.05) is 94.3 Å². The molecule has 250 valence electrons. The van der Waals surface area contributed by atoms with Crippen LogP contribution in [0.5, 0.6) is 11.5 Å². The van der Waals surface area contributed by atoms with E-state index < -0.39 is 38.7 Å². The molecule has 3 aromatic rings. The van der Waals surface area contributed by atoms with Gasteiger partial charge in [-0.05, 0) is 77.5 Å². The van der Waals surface area contributed by atoms with Crippen molar-refractivity contribution in [3.8, 4) is 33.8 Å². The zero-order valence-electron chi connectivity index (χ0n) is 27.2. The molecule has 8 nitrogen and oxygen atoms in total. The van der Waals surface area contributed by atoms with Gasteiger partial charge in [0.15, 0.2) is 0 Å². The molecule has 0 aliphatic heterocycles. The van der Waals surface area contributed by atoms with Gasteiger partial charge in [-0.2, -0.15) is 0 Å². The number of aliphatic hydroxyl groups excluding tert-OH is 2. The smallest absolute Gasteiger partial charge is 0.338 e. The van der Waals surface area contributed by atoms with Crippen molar-refractivity contribution in [2.45, 2.75) is 64.2 Å². The van der Waals surface area contributed by atoms with Crippen molar-refractivity contribution < 1.29 is 38.7 Å². The molecule has 1 aliphatic rings. The van der Waals surface area contributed by atoms with Gasteiger partial charge in [-0.3, -0.25) is 0 Å². The van der Waals surface area contributed by atoms with Crippen LogP contribution >= 0.6 is 0 Å². The van der Waals surface area contributed by atoms with Gasteiger partial charge in [0, 0.05) is 6.07 Å². The second-order valence-corrected chi connectivity index (χ2v) is 12.0. The Hall–Kier alpha value is -4.40. The molecule has 1 aliphatic carbocycles. The fourth-order valence-corrected chi connectivity index (χ4v) is 5.81. The van der Waals surface area contributed by atoms with Crippen molar-refractivity contribution >= 4 is 11.9 Å². The molecule has 1 fully saturated rings. The maximum atomic E-state index is 11.8. The van der Waals surface area contributed by atoms with Crippen molar-refractivity contribution in [1.29, 1.82) is 0 Å².